The Morgan fingerprint density at radius 3 is 2.18 bits per heavy atom. The van der Waals surface area contributed by atoms with Gasteiger partial charge in [0.2, 0.25) is 10.0 Å². The summed E-state index contributed by atoms with van der Waals surface area (Å²) >= 11 is 0. The van der Waals surface area contributed by atoms with Gasteiger partial charge in [-0.25, -0.2) is 13.1 Å². The van der Waals surface area contributed by atoms with Crippen LogP contribution in [0, 0.1) is 0 Å². The Labute approximate surface area is 125 Å². The third-order valence-electron chi connectivity index (χ3n) is 2.33. The number of aliphatic carboxylic acids is 1. The van der Waals surface area contributed by atoms with Crippen LogP contribution in [0.25, 0.3) is 10.8 Å². The van der Waals surface area contributed by atoms with Gasteiger partial charge in [-0.3, -0.25) is 14.4 Å². The highest BCUT2D eigenvalue weighted by Crippen LogP contribution is 2.14. The summed E-state index contributed by atoms with van der Waals surface area (Å²) in [7, 11) is -3.64. The molecule has 0 saturated carbocycles. The molecule has 0 aliphatic carbocycles. The van der Waals surface area contributed by atoms with Crippen LogP contribution in [0.5, 0.6) is 0 Å². The summed E-state index contributed by atoms with van der Waals surface area (Å²) in [6.45, 7) is 1.08. The maximum absolute atomic E-state index is 11.8. The summed E-state index contributed by atoms with van der Waals surface area (Å²) in [6.07, 6.45) is 2.09. The maximum atomic E-state index is 11.8. The molecule has 0 spiro atoms. The van der Waals surface area contributed by atoms with Crippen LogP contribution in [0.1, 0.15) is 17.3 Å². The molecule has 2 aromatic rings. The van der Waals surface area contributed by atoms with Crippen molar-refractivity contribution in [3.8, 4) is 0 Å². The quantitative estimate of drug-likeness (QED) is 0.727. The van der Waals surface area contributed by atoms with Gasteiger partial charge >= 0.3 is 0 Å². The third-order valence-corrected chi connectivity index (χ3v) is 2.89. The molecule has 0 fully saturated rings. The number of rotatable bonds is 2. The number of aromatic amines is 1. The number of carbonyl (C=O) groups is 2. The third kappa shape index (κ3) is 5.02. The second kappa shape index (κ2) is 6.85. The summed E-state index contributed by atoms with van der Waals surface area (Å²) < 4.78 is 23.9. The minimum atomic E-state index is -3.64. The molecule has 118 valence electrons. The van der Waals surface area contributed by atoms with Gasteiger partial charge in [0.05, 0.1) is 11.8 Å². The average Bonchev–Trinajstić information content (AvgIpc) is 2.36. The van der Waals surface area contributed by atoms with Crippen molar-refractivity contribution < 1.29 is 23.1 Å². The number of H-pyrrole nitrogens is 1. The number of carboxylic acid groups (broad SMARTS) is 1. The summed E-state index contributed by atoms with van der Waals surface area (Å²) in [5.74, 6) is -1.61. The van der Waals surface area contributed by atoms with E-state index in [0.29, 0.717) is 10.8 Å². The van der Waals surface area contributed by atoms with E-state index in [4.69, 9.17) is 9.90 Å². The van der Waals surface area contributed by atoms with Gasteiger partial charge in [0.25, 0.3) is 17.4 Å². The molecule has 0 bridgehead atoms. The second-order valence-corrected chi connectivity index (χ2v) is 6.05. The van der Waals surface area contributed by atoms with Crippen LogP contribution in [0.2, 0.25) is 0 Å². The summed E-state index contributed by atoms with van der Waals surface area (Å²) in [6, 6.07) is 6.47. The second-order valence-electron chi connectivity index (χ2n) is 4.30. The molecule has 9 heteroatoms. The first-order valence-electron chi connectivity index (χ1n) is 5.94. The fraction of sp³-hybridized carbons (Fsp3) is 0.154. The van der Waals surface area contributed by atoms with Crippen LogP contribution in [0.3, 0.4) is 0 Å². The summed E-state index contributed by atoms with van der Waals surface area (Å²) in [5.41, 5.74) is -0.225. The van der Waals surface area contributed by atoms with Crippen molar-refractivity contribution in [2.45, 2.75) is 6.92 Å². The molecule has 22 heavy (non-hydrogen) atoms. The lowest BCUT2D eigenvalue weighted by atomic mass is 10.1. The normalized spacial score (nSPS) is 10.5. The number of benzene rings is 1. The number of hydrogen-bond donors (Lipinski definition) is 3. The zero-order valence-corrected chi connectivity index (χ0v) is 12.6. The number of carboxylic acids is 1. The van der Waals surface area contributed by atoms with Crippen molar-refractivity contribution in [1.29, 1.82) is 0 Å². The first-order valence-corrected chi connectivity index (χ1v) is 7.83. The van der Waals surface area contributed by atoms with E-state index in [0.717, 1.165) is 13.2 Å². The van der Waals surface area contributed by atoms with Crippen LogP contribution >= 0.6 is 0 Å². The molecular formula is C13H14N2O6S. The summed E-state index contributed by atoms with van der Waals surface area (Å²) in [5, 5.41) is 8.15. The molecule has 0 radical (unpaired) electrons. The zero-order chi connectivity index (χ0) is 16.9. The maximum Gasteiger partial charge on any atom is 0.300 e. The SMILES string of the molecule is CC(=O)O.CS(=O)(=O)NC(=O)c1c[nH]c(=O)c2ccccc12. The van der Waals surface area contributed by atoms with E-state index in [9.17, 15) is 18.0 Å². The highest BCUT2D eigenvalue weighted by molar-refractivity contribution is 7.89. The molecule has 1 aromatic carbocycles. The van der Waals surface area contributed by atoms with Crippen molar-refractivity contribution in [3.05, 3.63) is 46.4 Å². The molecular weight excluding hydrogens is 312 g/mol. The Hall–Kier alpha value is -2.68. The lowest BCUT2D eigenvalue weighted by molar-refractivity contribution is -0.134. The lowest BCUT2D eigenvalue weighted by Crippen LogP contribution is -2.30. The topological polar surface area (TPSA) is 133 Å². The van der Waals surface area contributed by atoms with Crippen molar-refractivity contribution >= 4 is 32.7 Å². The standard InChI is InChI=1S/C11H10N2O4S.C2H4O2/c1-18(16,17)13-11(15)9-6-12-10(14)8-5-3-2-4-7(8)9;1-2(3)4/h2-6H,1H3,(H,12,14)(H,13,15);1H3,(H,3,4). The van der Waals surface area contributed by atoms with E-state index >= 15 is 0 Å². The van der Waals surface area contributed by atoms with E-state index in [-0.39, 0.29) is 11.1 Å². The Morgan fingerprint density at radius 2 is 1.68 bits per heavy atom. The van der Waals surface area contributed by atoms with Crippen LogP contribution < -0.4 is 10.3 Å². The van der Waals surface area contributed by atoms with E-state index in [1.807, 2.05) is 4.72 Å². The number of aromatic nitrogens is 1. The molecule has 1 amide bonds. The van der Waals surface area contributed by atoms with Crippen LogP contribution in [0.4, 0.5) is 0 Å². The Kier molecular flexibility index (Phi) is 5.41. The molecule has 0 atom stereocenters. The van der Waals surface area contributed by atoms with Gasteiger partial charge in [-0.05, 0) is 6.07 Å². The molecule has 0 saturated heterocycles. The lowest BCUT2D eigenvalue weighted by Gasteiger charge is -2.05. The predicted octanol–water partition coefficient (Wildman–Crippen LogP) is 0.308. The molecule has 0 unspecified atom stereocenters. The molecule has 8 nitrogen and oxygen atoms in total. The number of amides is 1. The number of pyridine rings is 1. The fourth-order valence-corrected chi connectivity index (χ4v) is 2.07. The van der Waals surface area contributed by atoms with Gasteiger partial charge in [-0.15, -0.1) is 0 Å². The van der Waals surface area contributed by atoms with Gasteiger partial charge in [0, 0.05) is 23.9 Å². The zero-order valence-electron chi connectivity index (χ0n) is 11.8. The van der Waals surface area contributed by atoms with Crippen LogP contribution in [-0.2, 0) is 14.8 Å². The minimum Gasteiger partial charge on any atom is -0.481 e. The molecule has 2 rings (SSSR count). The molecule has 0 aliphatic rings. The largest absolute Gasteiger partial charge is 0.481 e. The van der Waals surface area contributed by atoms with Crippen molar-refractivity contribution in [3.63, 3.8) is 0 Å². The number of nitrogens with one attached hydrogen (secondary N) is 2. The molecule has 1 heterocycles. The van der Waals surface area contributed by atoms with Crippen LogP contribution in [-0.4, -0.2) is 36.6 Å². The van der Waals surface area contributed by atoms with E-state index < -0.39 is 21.9 Å². The monoisotopic (exact) mass is 326 g/mol. The first kappa shape index (κ1) is 17.4. The van der Waals surface area contributed by atoms with Gasteiger partial charge in [0.15, 0.2) is 0 Å². The predicted molar refractivity (Wildman–Crippen MR) is 80.2 cm³/mol. The van der Waals surface area contributed by atoms with E-state index in [1.54, 1.807) is 24.3 Å². The first-order chi connectivity index (χ1) is 10.1. The molecule has 0 aliphatic heterocycles. The van der Waals surface area contributed by atoms with E-state index in [1.165, 1.54) is 6.20 Å². The highest BCUT2D eigenvalue weighted by atomic mass is 32.2. The number of sulfonamides is 1. The Balaban J connectivity index is 0.000000541. The van der Waals surface area contributed by atoms with Crippen molar-refractivity contribution in [1.82, 2.24) is 9.71 Å². The van der Waals surface area contributed by atoms with Gasteiger partial charge in [-0.1, -0.05) is 18.2 Å². The number of hydrogen-bond acceptors (Lipinski definition) is 5. The molecule has 3 N–H and O–H groups in total. The average molecular weight is 326 g/mol. The fourth-order valence-electron chi connectivity index (χ4n) is 1.62. The number of carbonyl (C=O) groups excluding carboxylic acids is 1. The van der Waals surface area contributed by atoms with Gasteiger partial charge in [0.1, 0.15) is 0 Å². The van der Waals surface area contributed by atoms with Gasteiger partial charge in [-0.2, -0.15) is 0 Å². The van der Waals surface area contributed by atoms with Crippen LogP contribution in [0.15, 0.2) is 35.3 Å². The minimum absolute atomic E-state index is 0.107. The highest BCUT2D eigenvalue weighted by Gasteiger charge is 2.15. The Morgan fingerprint density at radius 1 is 1.18 bits per heavy atom. The molecule has 1 aromatic heterocycles. The van der Waals surface area contributed by atoms with Crippen molar-refractivity contribution in [2.75, 3.05) is 6.26 Å². The smallest absolute Gasteiger partial charge is 0.300 e. The van der Waals surface area contributed by atoms with E-state index in [2.05, 4.69) is 4.98 Å². The van der Waals surface area contributed by atoms with Gasteiger partial charge < -0.3 is 10.1 Å². The Bertz CT molecular complexity index is 865. The summed E-state index contributed by atoms with van der Waals surface area (Å²) in [4.78, 5) is 34.7. The van der Waals surface area contributed by atoms with Crippen molar-refractivity contribution in [2.24, 2.45) is 0 Å². The number of fused-ring (bicyclic) bond motifs is 1.